The molecule has 3 N–H and O–H groups in total. The van der Waals surface area contributed by atoms with Crippen LogP contribution in [0.3, 0.4) is 0 Å². The number of hydrogen-bond acceptors (Lipinski definition) is 5. The zero-order valence-corrected chi connectivity index (χ0v) is 44.8. The first kappa shape index (κ1) is 64.2. The van der Waals surface area contributed by atoms with Gasteiger partial charge in [0.2, 0.25) is 5.91 Å². The van der Waals surface area contributed by atoms with E-state index >= 15 is 0 Å². The van der Waals surface area contributed by atoms with E-state index in [0.29, 0.717) is 17.4 Å². The molecule has 0 aliphatic carbocycles. The number of aliphatic hydroxyl groups excluding tert-OH is 1. The van der Waals surface area contributed by atoms with Gasteiger partial charge in [0.25, 0.3) is 0 Å². The van der Waals surface area contributed by atoms with Gasteiger partial charge >= 0.3 is 7.82 Å². The van der Waals surface area contributed by atoms with Crippen molar-refractivity contribution < 1.29 is 32.9 Å². The minimum Gasteiger partial charge on any atom is -0.387 e. The maximum absolute atomic E-state index is 12.9. The zero-order chi connectivity index (χ0) is 48.5. The van der Waals surface area contributed by atoms with Crippen molar-refractivity contribution in [3.63, 3.8) is 0 Å². The highest BCUT2D eigenvalue weighted by Gasteiger charge is 2.27. The van der Waals surface area contributed by atoms with Crippen LogP contribution in [0.1, 0.15) is 245 Å². The molecule has 9 heteroatoms. The summed E-state index contributed by atoms with van der Waals surface area (Å²) in [4.78, 5) is 23.2. The lowest BCUT2D eigenvalue weighted by Crippen LogP contribution is -2.45. The monoisotopic (exact) mass is 948 g/mol. The number of quaternary nitrogens is 1. The van der Waals surface area contributed by atoms with Crippen LogP contribution in [0.5, 0.6) is 0 Å². The number of carbonyl (C=O) groups excluding carboxylic acids is 1. The number of phosphoric acid groups is 1. The van der Waals surface area contributed by atoms with Crippen LogP contribution in [-0.4, -0.2) is 73.4 Å². The number of phosphoric ester groups is 1. The molecule has 3 atom stereocenters. The van der Waals surface area contributed by atoms with Crippen molar-refractivity contribution in [1.82, 2.24) is 5.32 Å². The number of likely N-dealkylation sites (N-methyl/N-ethyl adjacent to an activating group) is 1. The second-order valence-corrected chi connectivity index (χ2v) is 21.4. The predicted molar refractivity (Wildman–Crippen MR) is 286 cm³/mol. The molecule has 0 saturated carbocycles. The van der Waals surface area contributed by atoms with E-state index in [1.807, 2.05) is 27.2 Å². The number of nitrogens with one attached hydrogen (secondary N) is 1. The normalized spacial score (nSPS) is 14.5. The van der Waals surface area contributed by atoms with Crippen molar-refractivity contribution in [3.05, 3.63) is 60.8 Å². The van der Waals surface area contributed by atoms with Gasteiger partial charge in [-0.25, -0.2) is 4.57 Å². The fourth-order valence-corrected chi connectivity index (χ4v) is 8.55. The Balaban J connectivity index is 4.30. The molecule has 0 saturated heterocycles. The number of hydrogen-bond donors (Lipinski definition) is 3. The first-order valence-corrected chi connectivity index (χ1v) is 29.2. The smallest absolute Gasteiger partial charge is 0.387 e. The summed E-state index contributed by atoms with van der Waals surface area (Å²) in [5.41, 5.74) is 0. The number of allylic oxidation sites excluding steroid dienone is 9. The number of amides is 1. The molecule has 8 nitrogen and oxygen atoms in total. The Hall–Kier alpha value is -1.80. The molecule has 0 rings (SSSR count). The molecule has 0 radical (unpaired) electrons. The standard InChI is InChI=1S/C57H107N2O6P/c1-6-8-10-12-14-16-18-20-22-24-25-26-27-28-29-30-31-32-33-34-35-36-38-40-42-44-46-48-50-56(60)55(54-65-66(62,63)64-53-52-59(3,4)5)58-57(61)51-49-47-45-43-41-39-37-23-21-19-17-15-13-11-9-7-2/h17,19,23,34-35,37,40,42,48,50,55-56,60H,6-16,18,20-22,24-33,36,38-39,41,43-47,49,51-54H2,1-5H3,(H-,58,61,62,63)/p+1/b19-17-,35-34+,37-23-,42-40+,50-48+. The van der Waals surface area contributed by atoms with Crippen LogP contribution in [0, 0.1) is 0 Å². The largest absolute Gasteiger partial charge is 0.472 e. The molecule has 0 aliphatic heterocycles. The minimum absolute atomic E-state index is 0.0487. The summed E-state index contributed by atoms with van der Waals surface area (Å²) >= 11 is 0. The van der Waals surface area contributed by atoms with Crippen molar-refractivity contribution >= 4 is 13.7 Å². The van der Waals surface area contributed by atoms with Gasteiger partial charge in [-0.1, -0.05) is 222 Å². The lowest BCUT2D eigenvalue weighted by atomic mass is 10.0. The Labute approximate surface area is 409 Å². The van der Waals surface area contributed by atoms with Crippen LogP contribution in [0.15, 0.2) is 60.8 Å². The molecule has 0 spiro atoms. The summed E-state index contributed by atoms with van der Waals surface area (Å²) < 4.78 is 23.6. The first-order chi connectivity index (χ1) is 32.0. The second kappa shape index (κ2) is 48.2. The van der Waals surface area contributed by atoms with E-state index in [9.17, 15) is 19.4 Å². The van der Waals surface area contributed by atoms with E-state index < -0.39 is 20.0 Å². The average molecular weight is 948 g/mol. The van der Waals surface area contributed by atoms with E-state index in [-0.39, 0.29) is 19.1 Å². The number of rotatable bonds is 50. The van der Waals surface area contributed by atoms with Crippen LogP contribution in [0.25, 0.3) is 0 Å². The van der Waals surface area contributed by atoms with Crippen molar-refractivity contribution in [2.24, 2.45) is 0 Å². The van der Waals surface area contributed by atoms with E-state index in [1.54, 1.807) is 6.08 Å². The summed E-state index contributed by atoms with van der Waals surface area (Å²) in [6.45, 7) is 4.77. The van der Waals surface area contributed by atoms with Gasteiger partial charge in [0.05, 0.1) is 39.9 Å². The van der Waals surface area contributed by atoms with Crippen molar-refractivity contribution in [2.75, 3.05) is 40.9 Å². The highest BCUT2D eigenvalue weighted by atomic mass is 31.2. The maximum Gasteiger partial charge on any atom is 0.472 e. The van der Waals surface area contributed by atoms with Crippen LogP contribution in [0.4, 0.5) is 0 Å². The quantitative estimate of drug-likeness (QED) is 0.0243. The summed E-state index contributed by atoms with van der Waals surface area (Å²) in [7, 11) is 1.53. The van der Waals surface area contributed by atoms with Gasteiger partial charge in [-0.3, -0.25) is 13.8 Å². The molecule has 3 unspecified atom stereocenters. The third-order valence-electron chi connectivity index (χ3n) is 12.2. The molecule has 0 heterocycles. The van der Waals surface area contributed by atoms with Crippen LogP contribution in [-0.2, 0) is 18.4 Å². The zero-order valence-electron chi connectivity index (χ0n) is 43.9. The third kappa shape index (κ3) is 50.1. The van der Waals surface area contributed by atoms with E-state index in [1.165, 1.54) is 154 Å². The molecule has 0 aromatic rings. The third-order valence-corrected chi connectivity index (χ3v) is 13.2. The highest BCUT2D eigenvalue weighted by molar-refractivity contribution is 7.47. The van der Waals surface area contributed by atoms with Gasteiger partial charge in [-0.15, -0.1) is 0 Å². The van der Waals surface area contributed by atoms with Gasteiger partial charge < -0.3 is 19.8 Å². The molecular formula is C57H108N2O6P+. The van der Waals surface area contributed by atoms with Gasteiger partial charge in [0.15, 0.2) is 0 Å². The molecular weight excluding hydrogens is 840 g/mol. The predicted octanol–water partition coefficient (Wildman–Crippen LogP) is 16.5. The summed E-state index contributed by atoms with van der Waals surface area (Å²) in [6.07, 6.45) is 64.7. The van der Waals surface area contributed by atoms with Crippen molar-refractivity contribution in [2.45, 2.75) is 257 Å². The molecule has 66 heavy (non-hydrogen) atoms. The topological polar surface area (TPSA) is 105 Å². The molecule has 0 aromatic heterocycles. The molecule has 0 aliphatic rings. The summed E-state index contributed by atoms with van der Waals surface area (Å²) in [6, 6.07) is -0.879. The molecule has 0 aromatic carbocycles. The van der Waals surface area contributed by atoms with Gasteiger partial charge in [0.1, 0.15) is 13.2 Å². The lowest BCUT2D eigenvalue weighted by Gasteiger charge is -2.25. The number of nitrogens with zero attached hydrogens (tertiary/aromatic N) is 1. The van der Waals surface area contributed by atoms with Crippen molar-refractivity contribution in [1.29, 1.82) is 0 Å². The second-order valence-electron chi connectivity index (χ2n) is 19.9. The Morgan fingerprint density at radius 2 is 0.879 bits per heavy atom. The molecule has 386 valence electrons. The molecule has 0 fully saturated rings. The van der Waals surface area contributed by atoms with Gasteiger partial charge in [-0.05, 0) is 77.0 Å². The minimum atomic E-state index is -4.36. The Kier molecular flexibility index (Phi) is 46.9. The summed E-state index contributed by atoms with van der Waals surface area (Å²) in [5.74, 6) is -0.205. The highest BCUT2D eigenvalue weighted by Crippen LogP contribution is 2.43. The van der Waals surface area contributed by atoms with Crippen LogP contribution >= 0.6 is 7.82 Å². The van der Waals surface area contributed by atoms with Gasteiger partial charge in [0, 0.05) is 6.42 Å². The van der Waals surface area contributed by atoms with Crippen LogP contribution in [0.2, 0.25) is 0 Å². The van der Waals surface area contributed by atoms with E-state index in [2.05, 4.69) is 67.8 Å². The number of aliphatic hydroxyl groups is 1. The van der Waals surface area contributed by atoms with E-state index in [4.69, 9.17) is 9.05 Å². The van der Waals surface area contributed by atoms with Gasteiger partial charge in [-0.2, -0.15) is 0 Å². The van der Waals surface area contributed by atoms with Crippen LogP contribution < -0.4 is 5.32 Å². The Morgan fingerprint density at radius 3 is 1.32 bits per heavy atom. The van der Waals surface area contributed by atoms with Crippen molar-refractivity contribution in [3.8, 4) is 0 Å². The first-order valence-electron chi connectivity index (χ1n) is 27.7. The molecule has 1 amide bonds. The van der Waals surface area contributed by atoms with E-state index in [0.717, 1.165) is 70.6 Å². The summed E-state index contributed by atoms with van der Waals surface area (Å²) in [5, 5.41) is 13.9. The Morgan fingerprint density at radius 1 is 0.515 bits per heavy atom. The average Bonchev–Trinajstić information content (AvgIpc) is 3.28. The fourth-order valence-electron chi connectivity index (χ4n) is 7.81. The maximum atomic E-state index is 12.9. The number of carbonyl (C=O) groups is 1. The Bertz CT molecular complexity index is 1260. The number of unbranched alkanes of at least 4 members (excludes halogenated alkanes) is 29. The fraction of sp³-hybridized carbons (Fsp3) is 0.807. The molecule has 0 bridgehead atoms. The lowest BCUT2D eigenvalue weighted by molar-refractivity contribution is -0.870. The SMILES string of the molecule is CCCCCC/C=C\C/C=C\CCCCCCCC(=O)NC(COP(=O)(O)OCC[N+](C)(C)C)C(O)/C=C/CC/C=C/CC/C=C/CCCCCCCCCCCCCCCCCCCC.